The number of hydrazine groups is 1. The highest BCUT2D eigenvalue weighted by molar-refractivity contribution is 6.04. The molecule has 4 N–H and O–H groups in total. The van der Waals surface area contributed by atoms with E-state index < -0.39 is 0 Å². The number of phenolic OH excluding ortho intramolecular Hbond substituents is 2. The van der Waals surface area contributed by atoms with Crippen LogP contribution in [-0.2, 0) is 0 Å². The van der Waals surface area contributed by atoms with Crippen molar-refractivity contribution in [2.24, 2.45) is 11.0 Å². The van der Waals surface area contributed by atoms with Crippen molar-refractivity contribution in [3.63, 3.8) is 0 Å². The number of piperazine rings is 1. The average molecular weight is 408 g/mol. The minimum absolute atomic E-state index is 0.0355. The fraction of sp³-hybridized carbons (Fsp3) is 0.286. The van der Waals surface area contributed by atoms with Gasteiger partial charge < -0.3 is 20.1 Å². The van der Waals surface area contributed by atoms with Crippen LogP contribution in [0.2, 0.25) is 0 Å². The third kappa shape index (κ3) is 3.72. The number of benzene rings is 2. The first kappa shape index (κ1) is 19.9. The summed E-state index contributed by atoms with van der Waals surface area (Å²) in [5, 5.41) is 26.1. The number of phenols is 2. The molecular weight excluding hydrogens is 384 g/mol. The third-order valence-electron chi connectivity index (χ3n) is 5.49. The van der Waals surface area contributed by atoms with Crippen LogP contribution in [0.15, 0.2) is 53.8 Å². The summed E-state index contributed by atoms with van der Waals surface area (Å²) in [6.07, 6.45) is 1.79. The minimum atomic E-state index is -0.284. The Balaban J connectivity index is 1.45. The lowest BCUT2D eigenvalue weighted by atomic mass is 10.1. The molecule has 3 aromatic rings. The Morgan fingerprint density at radius 3 is 2.30 bits per heavy atom. The van der Waals surface area contributed by atoms with Crippen LogP contribution in [0.25, 0.3) is 10.8 Å². The molecule has 0 unspecified atom stereocenters. The number of nitrogens with two attached hydrogens (primary N) is 1. The van der Waals surface area contributed by atoms with E-state index in [1.165, 1.54) is 5.01 Å². The Morgan fingerprint density at radius 2 is 1.67 bits per heavy atom. The number of pyridine rings is 1. The van der Waals surface area contributed by atoms with Crippen molar-refractivity contribution in [3.05, 3.63) is 53.6 Å². The van der Waals surface area contributed by atoms with Crippen LogP contribution in [0.4, 0.5) is 17.2 Å². The van der Waals surface area contributed by atoms with Gasteiger partial charge in [0.25, 0.3) is 0 Å². The van der Waals surface area contributed by atoms with Crippen LogP contribution in [0.3, 0.4) is 0 Å². The number of rotatable bonds is 6. The number of hydrogen-bond acceptors (Lipinski definition) is 9. The number of nitroso groups, excluding NO2 is 1. The van der Waals surface area contributed by atoms with E-state index in [1.807, 2.05) is 18.2 Å². The molecule has 9 heteroatoms. The van der Waals surface area contributed by atoms with E-state index in [9.17, 15) is 15.1 Å². The van der Waals surface area contributed by atoms with Gasteiger partial charge in [0.2, 0.25) is 0 Å². The lowest BCUT2D eigenvalue weighted by Gasteiger charge is -2.36. The van der Waals surface area contributed by atoms with Crippen LogP contribution < -0.4 is 15.8 Å². The fourth-order valence-electron chi connectivity index (χ4n) is 3.84. The zero-order chi connectivity index (χ0) is 21.1. The predicted molar refractivity (Wildman–Crippen MR) is 117 cm³/mol. The lowest BCUT2D eigenvalue weighted by Crippen LogP contribution is -2.49. The zero-order valence-electron chi connectivity index (χ0n) is 16.5. The maximum atomic E-state index is 11.4. The second kappa shape index (κ2) is 8.52. The first-order chi connectivity index (χ1) is 14.6. The molecule has 30 heavy (non-hydrogen) atoms. The molecule has 0 bridgehead atoms. The maximum absolute atomic E-state index is 11.4. The van der Waals surface area contributed by atoms with E-state index in [-0.39, 0.29) is 22.9 Å². The molecular formula is C21H24N6O3. The Morgan fingerprint density at radius 1 is 1.00 bits per heavy atom. The van der Waals surface area contributed by atoms with Crippen LogP contribution in [-0.4, -0.2) is 59.4 Å². The molecule has 0 atom stereocenters. The standard InChI is InChI=1S/C21H24N6O3/c22-27(14-11-25-9-12-26(13-10-25)17-7-3-4-8-23-17)19-18(24-30)20(28)15-5-1-2-6-16(15)21(19)29/h1-8,28-29H,9-14,22H2. The molecule has 0 radical (unpaired) electrons. The zero-order valence-corrected chi connectivity index (χ0v) is 16.5. The second-order valence-corrected chi connectivity index (χ2v) is 7.24. The molecule has 1 aliphatic heterocycles. The normalized spacial score (nSPS) is 14.8. The van der Waals surface area contributed by atoms with Gasteiger partial charge in [0.1, 0.15) is 11.5 Å². The van der Waals surface area contributed by atoms with Crippen molar-refractivity contribution >= 4 is 28.0 Å². The summed E-state index contributed by atoms with van der Waals surface area (Å²) in [5.41, 5.74) is -0.220. The molecule has 1 fully saturated rings. The fourth-order valence-corrected chi connectivity index (χ4v) is 3.84. The largest absolute Gasteiger partial charge is 0.505 e. The van der Waals surface area contributed by atoms with Gasteiger partial charge in [-0.05, 0) is 17.3 Å². The number of aromatic hydroxyl groups is 2. The van der Waals surface area contributed by atoms with Crippen molar-refractivity contribution in [1.29, 1.82) is 0 Å². The number of hydrogen-bond donors (Lipinski definition) is 3. The molecule has 2 aromatic carbocycles. The highest BCUT2D eigenvalue weighted by Crippen LogP contribution is 2.49. The summed E-state index contributed by atoms with van der Waals surface area (Å²) in [6.45, 7) is 4.39. The summed E-state index contributed by atoms with van der Waals surface area (Å²) >= 11 is 0. The van der Waals surface area contributed by atoms with Crippen LogP contribution in [0, 0.1) is 4.91 Å². The van der Waals surface area contributed by atoms with Crippen molar-refractivity contribution in [1.82, 2.24) is 9.88 Å². The monoisotopic (exact) mass is 408 g/mol. The first-order valence-electron chi connectivity index (χ1n) is 9.80. The van der Waals surface area contributed by atoms with Crippen molar-refractivity contribution in [3.8, 4) is 11.5 Å². The van der Waals surface area contributed by atoms with E-state index in [0.717, 1.165) is 32.0 Å². The van der Waals surface area contributed by atoms with E-state index in [4.69, 9.17) is 5.84 Å². The van der Waals surface area contributed by atoms with Gasteiger partial charge in [-0.25, -0.2) is 10.8 Å². The Labute approximate surface area is 173 Å². The molecule has 0 amide bonds. The number of anilines is 2. The summed E-state index contributed by atoms with van der Waals surface area (Å²) in [5.74, 6) is 6.70. The van der Waals surface area contributed by atoms with Gasteiger partial charge in [0.15, 0.2) is 17.2 Å². The van der Waals surface area contributed by atoms with Gasteiger partial charge in [-0.2, -0.15) is 0 Å². The molecule has 1 saturated heterocycles. The summed E-state index contributed by atoms with van der Waals surface area (Å²) in [4.78, 5) is 20.3. The van der Waals surface area contributed by atoms with Gasteiger partial charge in [0, 0.05) is 56.2 Å². The van der Waals surface area contributed by atoms with Gasteiger partial charge in [0.05, 0.1) is 0 Å². The Hall–Kier alpha value is -3.43. The molecule has 0 spiro atoms. The Kier molecular flexibility index (Phi) is 5.64. The minimum Gasteiger partial charge on any atom is -0.505 e. The van der Waals surface area contributed by atoms with E-state index >= 15 is 0 Å². The maximum Gasteiger partial charge on any atom is 0.178 e. The third-order valence-corrected chi connectivity index (χ3v) is 5.49. The van der Waals surface area contributed by atoms with Gasteiger partial charge in [-0.1, -0.05) is 30.3 Å². The van der Waals surface area contributed by atoms with Gasteiger partial charge >= 0.3 is 0 Å². The van der Waals surface area contributed by atoms with E-state index in [0.29, 0.717) is 23.9 Å². The summed E-state index contributed by atoms with van der Waals surface area (Å²) in [6, 6.07) is 12.6. The topological polar surface area (TPSA) is 119 Å². The SMILES string of the molecule is NN(CCN1CCN(c2ccccn2)CC1)c1c(N=O)c(O)c2ccccc2c1O. The number of nitrogens with zero attached hydrogens (tertiary/aromatic N) is 5. The predicted octanol–water partition coefficient (Wildman–Crippen LogP) is 2.55. The highest BCUT2D eigenvalue weighted by atomic mass is 16.3. The Bertz CT molecular complexity index is 1040. The number of fused-ring (bicyclic) bond motifs is 1. The molecule has 1 aliphatic rings. The summed E-state index contributed by atoms with van der Waals surface area (Å²) in [7, 11) is 0. The smallest absolute Gasteiger partial charge is 0.178 e. The molecule has 1 aromatic heterocycles. The first-order valence-corrected chi connectivity index (χ1v) is 9.80. The molecule has 2 heterocycles. The molecule has 0 saturated carbocycles. The van der Waals surface area contributed by atoms with E-state index in [1.54, 1.807) is 30.5 Å². The number of aromatic nitrogens is 1. The van der Waals surface area contributed by atoms with Crippen LogP contribution >= 0.6 is 0 Å². The average Bonchev–Trinajstić information content (AvgIpc) is 2.80. The van der Waals surface area contributed by atoms with Crippen molar-refractivity contribution < 1.29 is 10.2 Å². The van der Waals surface area contributed by atoms with Crippen LogP contribution in [0.1, 0.15) is 0 Å². The quantitative estimate of drug-likeness (QED) is 0.246. The second-order valence-electron chi connectivity index (χ2n) is 7.24. The van der Waals surface area contributed by atoms with Gasteiger partial charge in [-0.15, -0.1) is 4.91 Å². The lowest BCUT2D eigenvalue weighted by molar-refractivity contribution is 0.262. The van der Waals surface area contributed by atoms with E-state index in [2.05, 4.69) is 20.0 Å². The summed E-state index contributed by atoms with van der Waals surface area (Å²) < 4.78 is 0. The van der Waals surface area contributed by atoms with Crippen molar-refractivity contribution in [2.75, 3.05) is 49.2 Å². The van der Waals surface area contributed by atoms with Crippen LogP contribution in [0.5, 0.6) is 11.5 Å². The molecule has 4 rings (SSSR count). The highest BCUT2D eigenvalue weighted by Gasteiger charge is 2.24. The molecule has 9 nitrogen and oxygen atoms in total. The van der Waals surface area contributed by atoms with Crippen molar-refractivity contribution in [2.45, 2.75) is 0 Å². The molecule has 0 aliphatic carbocycles. The molecule has 156 valence electrons. The van der Waals surface area contributed by atoms with Gasteiger partial charge in [-0.3, -0.25) is 4.90 Å².